The molecule has 2 N–H and O–H groups in total. The van der Waals surface area contributed by atoms with Crippen molar-refractivity contribution in [3.8, 4) is 0 Å². The fourth-order valence-electron chi connectivity index (χ4n) is 1.66. The first-order valence-electron chi connectivity index (χ1n) is 4.33. The number of hydrogen-bond donors (Lipinski definition) is 2. The molecule has 0 heterocycles. The molecule has 1 rings (SSSR count). The molecule has 0 aromatic carbocycles. The fraction of sp³-hybridized carbons (Fsp3) is 0.875. The van der Waals surface area contributed by atoms with Crippen LogP contribution in [-0.2, 0) is 0 Å². The van der Waals surface area contributed by atoms with E-state index in [1.54, 1.807) is 0 Å². The Balaban J connectivity index is 2.29. The minimum atomic E-state index is -0.942. The van der Waals surface area contributed by atoms with Crippen molar-refractivity contribution in [3.63, 3.8) is 0 Å². The van der Waals surface area contributed by atoms with E-state index in [-0.39, 0.29) is 4.95 Å². The molecule has 0 aliphatic heterocycles. The van der Waals surface area contributed by atoms with Gasteiger partial charge < -0.3 is 10.4 Å². The molecule has 0 aromatic rings. The Morgan fingerprint density at radius 1 is 1.42 bits per heavy atom. The fourth-order valence-corrected chi connectivity index (χ4v) is 2.39. The normalized spacial score (nSPS) is 21.8. The number of carbonyl (C=O) groups is 1. The molecule has 1 saturated carbocycles. The molecular weight excluding hydrogens is 222 g/mol. The molecule has 1 fully saturated rings. The molecule has 4 heteroatoms. The highest BCUT2D eigenvalue weighted by Gasteiger charge is 2.22. The van der Waals surface area contributed by atoms with E-state index in [1.807, 2.05) is 0 Å². The maximum absolute atomic E-state index is 10.3. The van der Waals surface area contributed by atoms with Crippen LogP contribution >= 0.6 is 15.9 Å². The lowest BCUT2D eigenvalue weighted by atomic mass is 9.89. The Morgan fingerprint density at radius 3 is 2.50 bits per heavy atom. The van der Waals surface area contributed by atoms with Crippen molar-refractivity contribution in [2.24, 2.45) is 5.92 Å². The summed E-state index contributed by atoms with van der Waals surface area (Å²) in [5.41, 5.74) is 0. The Bertz CT molecular complexity index is 157. The first kappa shape index (κ1) is 9.84. The quantitative estimate of drug-likeness (QED) is 0.571. The van der Waals surface area contributed by atoms with Crippen LogP contribution < -0.4 is 5.32 Å². The van der Waals surface area contributed by atoms with Crippen molar-refractivity contribution in [2.75, 3.05) is 0 Å². The second-order valence-electron chi connectivity index (χ2n) is 3.25. The maximum Gasteiger partial charge on any atom is 0.405 e. The highest BCUT2D eigenvalue weighted by molar-refractivity contribution is 9.09. The van der Waals surface area contributed by atoms with E-state index in [9.17, 15) is 4.79 Å². The number of carboxylic acid groups (broad SMARTS) is 1. The summed E-state index contributed by atoms with van der Waals surface area (Å²) in [7, 11) is 0. The van der Waals surface area contributed by atoms with Gasteiger partial charge in [-0.15, -0.1) is 0 Å². The van der Waals surface area contributed by atoms with E-state index in [0.717, 1.165) is 12.8 Å². The number of alkyl halides is 1. The van der Waals surface area contributed by atoms with Gasteiger partial charge in [-0.05, 0) is 18.8 Å². The van der Waals surface area contributed by atoms with E-state index < -0.39 is 6.09 Å². The van der Waals surface area contributed by atoms with Crippen LogP contribution in [0.15, 0.2) is 0 Å². The lowest BCUT2D eigenvalue weighted by Gasteiger charge is -2.25. The third kappa shape index (κ3) is 3.01. The topological polar surface area (TPSA) is 49.3 Å². The Kier molecular flexibility index (Phi) is 3.85. The van der Waals surface area contributed by atoms with Gasteiger partial charge in [0.2, 0.25) is 0 Å². The third-order valence-electron chi connectivity index (χ3n) is 2.33. The lowest BCUT2D eigenvalue weighted by Crippen LogP contribution is -2.35. The largest absolute Gasteiger partial charge is 0.465 e. The van der Waals surface area contributed by atoms with Crippen molar-refractivity contribution in [2.45, 2.75) is 37.1 Å². The lowest BCUT2D eigenvalue weighted by molar-refractivity contribution is 0.188. The van der Waals surface area contributed by atoms with Crippen molar-refractivity contribution < 1.29 is 9.90 Å². The number of nitrogens with one attached hydrogen (secondary N) is 1. The first-order chi connectivity index (χ1) is 5.70. The predicted molar refractivity (Wildman–Crippen MR) is 50.5 cm³/mol. The molecule has 1 aliphatic rings. The van der Waals surface area contributed by atoms with E-state index in [1.165, 1.54) is 19.3 Å². The van der Waals surface area contributed by atoms with Gasteiger partial charge in [-0.2, -0.15) is 0 Å². The van der Waals surface area contributed by atoms with Crippen LogP contribution in [0.5, 0.6) is 0 Å². The maximum atomic E-state index is 10.3. The van der Waals surface area contributed by atoms with Crippen LogP contribution in [0, 0.1) is 5.92 Å². The molecule has 70 valence electrons. The molecule has 0 aromatic heterocycles. The number of hydrogen-bond acceptors (Lipinski definition) is 1. The van der Waals surface area contributed by atoms with Crippen molar-refractivity contribution in [1.82, 2.24) is 5.32 Å². The van der Waals surface area contributed by atoms with Crippen LogP contribution in [0.25, 0.3) is 0 Å². The van der Waals surface area contributed by atoms with Gasteiger partial charge in [0, 0.05) is 0 Å². The molecule has 1 amide bonds. The average molecular weight is 236 g/mol. The molecule has 0 bridgehead atoms. The van der Waals surface area contributed by atoms with E-state index in [2.05, 4.69) is 21.2 Å². The molecule has 0 saturated heterocycles. The zero-order valence-corrected chi connectivity index (χ0v) is 8.51. The number of halogens is 1. The average Bonchev–Trinajstić information content (AvgIpc) is 2.05. The van der Waals surface area contributed by atoms with Crippen molar-refractivity contribution in [3.05, 3.63) is 0 Å². The van der Waals surface area contributed by atoms with Gasteiger partial charge in [0.05, 0.1) is 4.95 Å². The SMILES string of the molecule is O=C(O)NC(Br)C1CCCCC1. The van der Waals surface area contributed by atoms with Crippen LogP contribution in [0.1, 0.15) is 32.1 Å². The summed E-state index contributed by atoms with van der Waals surface area (Å²) in [6.45, 7) is 0. The minimum Gasteiger partial charge on any atom is -0.465 e. The first-order valence-corrected chi connectivity index (χ1v) is 5.25. The van der Waals surface area contributed by atoms with Gasteiger partial charge in [0.1, 0.15) is 0 Å². The number of rotatable bonds is 2. The monoisotopic (exact) mass is 235 g/mol. The zero-order chi connectivity index (χ0) is 8.97. The summed E-state index contributed by atoms with van der Waals surface area (Å²) in [6, 6.07) is 0. The molecule has 1 aliphatic carbocycles. The van der Waals surface area contributed by atoms with Gasteiger partial charge in [-0.1, -0.05) is 35.2 Å². The summed E-state index contributed by atoms with van der Waals surface area (Å²) >= 11 is 3.35. The van der Waals surface area contributed by atoms with Gasteiger partial charge in [-0.25, -0.2) is 4.79 Å². The Morgan fingerprint density at radius 2 is 2.00 bits per heavy atom. The second kappa shape index (κ2) is 4.70. The van der Waals surface area contributed by atoms with E-state index in [0.29, 0.717) is 5.92 Å². The highest BCUT2D eigenvalue weighted by Crippen LogP contribution is 2.28. The summed E-state index contributed by atoms with van der Waals surface area (Å²) in [5, 5.41) is 10.9. The molecule has 1 atom stereocenters. The van der Waals surface area contributed by atoms with Crippen molar-refractivity contribution in [1.29, 1.82) is 0 Å². The van der Waals surface area contributed by atoms with Crippen molar-refractivity contribution >= 4 is 22.0 Å². The second-order valence-corrected chi connectivity index (χ2v) is 4.24. The van der Waals surface area contributed by atoms with Gasteiger partial charge in [0.25, 0.3) is 0 Å². The molecule has 3 nitrogen and oxygen atoms in total. The minimum absolute atomic E-state index is 0.0599. The summed E-state index contributed by atoms with van der Waals surface area (Å²) in [5.74, 6) is 0.481. The molecule has 1 unspecified atom stereocenters. The Labute approximate surface area is 80.7 Å². The van der Waals surface area contributed by atoms with Crippen LogP contribution in [0.2, 0.25) is 0 Å². The molecule has 0 radical (unpaired) electrons. The summed E-state index contributed by atoms with van der Waals surface area (Å²) in [6.07, 6.45) is 5.08. The standard InChI is InChI=1S/C8H14BrNO2/c9-7(10-8(11)12)6-4-2-1-3-5-6/h6-7,10H,1-5H2,(H,11,12). The van der Waals surface area contributed by atoms with Crippen LogP contribution in [-0.4, -0.2) is 16.2 Å². The van der Waals surface area contributed by atoms with E-state index in [4.69, 9.17) is 5.11 Å². The van der Waals surface area contributed by atoms with Crippen LogP contribution in [0.4, 0.5) is 4.79 Å². The van der Waals surface area contributed by atoms with Gasteiger partial charge >= 0.3 is 6.09 Å². The summed E-state index contributed by atoms with van der Waals surface area (Å²) < 4.78 is 0. The predicted octanol–water partition coefficient (Wildman–Crippen LogP) is 2.56. The Hall–Kier alpha value is -0.250. The number of amides is 1. The highest BCUT2D eigenvalue weighted by atomic mass is 79.9. The van der Waals surface area contributed by atoms with Gasteiger partial charge in [0.15, 0.2) is 0 Å². The molecule has 12 heavy (non-hydrogen) atoms. The van der Waals surface area contributed by atoms with Gasteiger partial charge in [-0.3, -0.25) is 0 Å². The smallest absolute Gasteiger partial charge is 0.405 e. The zero-order valence-electron chi connectivity index (χ0n) is 6.92. The van der Waals surface area contributed by atoms with E-state index >= 15 is 0 Å². The third-order valence-corrected chi connectivity index (χ3v) is 3.30. The molecular formula is C8H14BrNO2. The summed E-state index contributed by atoms with van der Waals surface area (Å²) in [4.78, 5) is 10.3. The van der Waals surface area contributed by atoms with Crippen LogP contribution in [0.3, 0.4) is 0 Å². The molecule has 0 spiro atoms.